The van der Waals surface area contributed by atoms with Gasteiger partial charge < -0.3 is 9.15 Å². The molecule has 2 aromatic heterocycles. The molecule has 0 aliphatic heterocycles. The third kappa shape index (κ3) is 6.48. The van der Waals surface area contributed by atoms with Crippen molar-refractivity contribution in [2.45, 2.75) is 26.2 Å². The molecule has 4 rings (SSSR count). The molecule has 0 spiro atoms. The monoisotopic (exact) mass is 607 g/mol. The van der Waals surface area contributed by atoms with Crippen molar-refractivity contribution in [3.8, 4) is 5.75 Å². The molecule has 1 aliphatic carbocycles. The highest BCUT2D eigenvalue weighted by Crippen LogP contribution is 2.30. The number of carbonyl (C=O) groups excluding carboxylic acids is 3. The maximum Gasteiger partial charge on any atom is 0.305 e. The highest BCUT2D eigenvalue weighted by atomic mass is 79.9. The Hall–Kier alpha value is -3.41. The number of ether oxygens (including phenoxy) is 1. The van der Waals surface area contributed by atoms with E-state index in [1.165, 1.54) is 18.3 Å². The van der Waals surface area contributed by atoms with Gasteiger partial charge in [-0.15, -0.1) is 0 Å². The van der Waals surface area contributed by atoms with Gasteiger partial charge >= 0.3 is 5.91 Å². The first-order valence-electron chi connectivity index (χ1n) is 11.0. The Kier molecular flexibility index (Phi) is 8.47. The van der Waals surface area contributed by atoms with Gasteiger partial charge in [0.2, 0.25) is 0 Å². The van der Waals surface area contributed by atoms with Crippen LogP contribution in [0.3, 0.4) is 0 Å². The molecule has 2 heterocycles. The lowest BCUT2D eigenvalue weighted by Gasteiger charge is -2.13. The fraction of sp³-hybridized carbons (Fsp3) is 0.208. The second kappa shape index (κ2) is 11.8. The van der Waals surface area contributed by atoms with Crippen LogP contribution in [0.15, 0.2) is 50.7 Å². The third-order valence-electron chi connectivity index (χ3n) is 5.36. The number of carbonyl (C=O) groups is 3. The van der Waals surface area contributed by atoms with Gasteiger partial charge in [-0.2, -0.15) is 5.10 Å². The van der Waals surface area contributed by atoms with Crippen molar-refractivity contribution >= 4 is 62.6 Å². The second-order valence-corrected chi connectivity index (χ2v) is 9.72. The summed E-state index contributed by atoms with van der Waals surface area (Å²) in [5.41, 5.74) is 9.27. The highest BCUT2D eigenvalue weighted by Gasteiger charge is 2.28. The van der Waals surface area contributed by atoms with E-state index in [1.807, 2.05) is 0 Å². The fourth-order valence-electron chi connectivity index (χ4n) is 3.67. The summed E-state index contributed by atoms with van der Waals surface area (Å²) in [6, 6.07) is 6.22. The molecule has 3 N–H and O–H groups in total. The Bertz CT molecular complexity index is 1410. The predicted molar refractivity (Wildman–Crippen MR) is 140 cm³/mol. The molecule has 0 unspecified atom stereocenters. The first-order valence-corrected chi connectivity index (χ1v) is 12.5. The zero-order valence-corrected chi connectivity index (χ0v) is 22.5. The first kappa shape index (κ1) is 26.6. The minimum atomic E-state index is -0.645. The summed E-state index contributed by atoms with van der Waals surface area (Å²) in [5.74, 6) is -0.787. The summed E-state index contributed by atoms with van der Waals surface area (Å²) in [5, 5.41) is 4.97. The highest BCUT2D eigenvalue weighted by molar-refractivity contribution is 9.10. The summed E-state index contributed by atoms with van der Waals surface area (Å²) in [7, 11) is 0. The summed E-state index contributed by atoms with van der Waals surface area (Å²) < 4.78 is 11.8. The number of amides is 3. The molecule has 0 saturated heterocycles. The van der Waals surface area contributed by atoms with Gasteiger partial charge in [0.25, 0.3) is 11.8 Å². The molecule has 0 atom stereocenters. The smallest absolute Gasteiger partial charge is 0.305 e. The maximum absolute atomic E-state index is 12.7. The number of rotatable bonds is 6. The molecule has 13 heteroatoms. The van der Waals surface area contributed by atoms with Crippen molar-refractivity contribution in [1.29, 1.82) is 0 Å². The van der Waals surface area contributed by atoms with Crippen LogP contribution >= 0.6 is 39.1 Å². The van der Waals surface area contributed by atoms with Gasteiger partial charge in [0.05, 0.1) is 16.3 Å². The largest absolute Gasteiger partial charge is 0.482 e. The van der Waals surface area contributed by atoms with Crippen molar-refractivity contribution in [2.24, 2.45) is 5.10 Å². The minimum absolute atomic E-state index is 0.0316. The molecule has 0 saturated carbocycles. The van der Waals surface area contributed by atoms with E-state index >= 15 is 0 Å². The lowest BCUT2D eigenvalue weighted by atomic mass is 9.93. The molecule has 1 aliphatic rings. The molecule has 10 nitrogen and oxygen atoms in total. The van der Waals surface area contributed by atoms with Crippen LogP contribution in [-0.2, 0) is 11.2 Å². The Labute approximate surface area is 229 Å². The number of hydrazine groups is 1. The van der Waals surface area contributed by atoms with E-state index in [4.69, 9.17) is 32.4 Å². The van der Waals surface area contributed by atoms with Gasteiger partial charge in [0.1, 0.15) is 11.5 Å². The number of halogens is 3. The number of benzene rings is 1. The van der Waals surface area contributed by atoms with E-state index in [2.05, 4.69) is 42.3 Å². The van der Waals surface area contributed by atoms with E-state index in [0.717, 1.165) is 6.42 Å². The van der Waals surface area contributed by atoms with E-state index in [0.29, 0.717) is 50.5 Å². The SMILES string of the molecule is Cc1c(C(=O)NNC(=O)COc2ccc(Cl)cc2Cl)oc2c1/C(=N/NC(=O)c1cncc(Br)c1)CCC2. The van der Waals surface area contributed by atoms with Crippen LogP contribution in [-0.4, -0.2) is 35.0 Å². The normalized spacial score (nSPS) is 13.6. The fourth-order valence-corrected chi connectivity index (χ4v) is 4.50. The molecule has 0 fully saturated rings. The van der Waals surface area contributed by atoms with Crippen LogP contribution in [0.2, 0.25) is 10.0 Å². The average Bonchev–Trinajstić information content (AvgIpc) is 3.22. The predicted octanol–water partition coefficient (Wildman–Crippen LogP) is 4.36. The third-order valence-corrected chi connectivity index (χ3v) is 6.32. The molecule has 37 heavy (non-hydrogen) atoms. The molecule has 3 amide bonds. The number of nitrogens with one attached hydrogen (secondary N) is 3. The Morgan fingerprint density at radius 1 is 1.14 bits per heavy atom. The topological polar surface area (TPSA) is 135 Å². The van der Waals surface area contributed by atoms with E-state index in [-0.39, 0.29) is 23.1 Å². The van der Waals surface area contributed by atoms with Crippen LogP contribution in [0, 0.1) is 6.92 Å². The molecule has 1 aromatic carbocycles. The minimum Gasteiger partial charge on any atom is -0.482 e. The first-order chi connectivity index (χ1) is 17.7. The lowest BCUT2D eigenvalue weighted by Crippen LogP contribution is -2.43. The number of nitrogens with zero attached hydrogens (tertiary/aromatic N) is 2. The summed E-state index contributed by atoms with van der Waals surface area (Å²) >= 11 is 15.1. The van der Waals surface area contributed by atoms with Gasteiger partial charge in [-0.3, -0.25) is 30.2 Å². The molecule has 3 aromatic rings. The van der Waals surface area contributed by atoms with Crippen molar-refractivity contribution in [3.63, 3.8) is 0 Å². The molecular formula is C24H20BrCl2N5O5. The summed E-state index contributed by atoms with van der Waals surface area (Å²) in [6.45, 7) is 1.32. The van der Waals surface area contributed by atoms with E-state index < -0.39 is 17.7 Å². The van der Waals surface area contributed by atoms with Gasteiger partial charge in [-0.25, -0.2) is 5.43 Å². The zero-order valence-electron chi connectivity index (χ0n) is 19.4. The number of aryl methyl sites for hydroxylation is 1. The van der Waals surface area contributed by atoms with Gasteiger partial charge in [-0.05, 0) is 60.0 Å². The lowest BCUT2D eigenvalue weighted by molar-refractivity contribution is -0.123. The number of hydrogen-bond acceptors (Lipinski definition) is 7. The zero-order chi connectivity index (χ0) is 26.5. The Morgan fingerprint density at radius 2 is 1.95 bits per heavy atom. The second-order valence-electron chi connectivity index (χ2n) is 7.96. The number of pyridine rings is 1. The maximum atomic E-state index is 12.7. The van der Waals surface area contributed by atoms with Gasteiger partial charge in [-0.1, -0.05) is 23.2 Å². The van der Waals surface area contributed by atoms with Crippen LogP contribution in [0.25, 0.3) is 0 Å². The van der Waals surface area contributed by atoms with Gasteiger partial charge in [0.15, 0.2) is 12.4 Å². The molecule has 0 bridgehead atoms. The number of aromatic nitrogens is 1. The van der Waals surface area contributed by atoms with Crippen LogP contribution in [0.1, 0.15) is 50.6 Å². The summed E-state index contributed by atoms with van der Waals surface area (Å²) in [4.78, 5) is 41.3. The number of hydrogen-bond donors (Lipinski definition) is 3. The Balaban J connectivity index is 1.39. The van der Waals surface area contributed by atoms with Gasteiger partial charge in [0, 0.05) is 39.4 Å². The molecule has 0 radical (unpaired) electrons. The number of hydrazone groups is 1. The van der Waals surface area contributed by atoms with Crippen LogP contribution < -0.4 is 21.0 Å². The summed E-state index contributed by atoms with van der Waals surface area (Å²) in [6.07, 6.45) is 4.93. The van der Waals surface area contributed by atoms with Crippen molar-refractivity contribution in [1.82, 2.24) is 21.3 Å². The number of fused-ring (bicyclic) bond motifs is 1. The van der Waals surface area contributed by atoms with Crippen LogP contribution in [0.4, 0.5) is 0 Å². The Morgan fingerprint density at radius 3 is 2.70 bits per heavy atom. The van der Waals surface area contributed by atoms with Crippen molar-refractivity contribution in [3.05, 3.63) is 79.4 Å². The van der Waals surface area contributed by atoms with Crippen molar-refractivity contribution < 1.29 is 23.5 Å². The molecular weight excluding hydrogens is 589 g/mol. The van der Waals surface area contributed by atoms with Crippen molar-refractivity contribution in [2.75, 3.05) is 6.61 Å². The standard InChI is InChI=1S/C24H20BrCl2N5O5/c1-12-21-17(29-31-23(34)13-7-14(25)10-28-9-13)3-2-4-19(21)37-22(12)24(35)32-30-20(33)11-36-18-6-5-15(26)8-16(18)27/h5-10H,2-4,11H2,1H3,(H,30,33)(H,31,34)(H,32,35)/b29-17+. The molecule has 192 valence electrons. The average molecular weight is 609 g/mol. The quantitative estimate of drug-likeness (QED) is 0.356. The van der Waals surface area contributed by atoms with E-state index in [9.17, 15) is 14.4 Å². The number of furan rings is 1. The van der Waals surface area contributed by atoms with Crippen LogP contribution in [0.5, 0.6) is 5.75 Å². The van der Waals surface area contributed by atoms with E-state index in [1.54, 1.807) is 25.3 Å².